The Morgan fingerprint density at radius 1 is 1.03 bits per heavy atom. The van der Waals surface area contributed by atoms with Crippen molar-refractivity contribution in [2.75, 3.05) is 17.7 Å². The van der Waals surface area contributed by atoms with Crippen LogP contribution in [-0.4, -0.2) is 27.7 Å². The lowest BCUT2D eigenvalue weighted by Crippen LogP contribution is -2.30. The van der Waals surface area contributed by atoms with Crippen molar-refractivity contribution in [2.45, 2.75) is 25.9 Å². The Morgan fingerprint density at radius 3 is 2.21 bits per heavy atom. The molecule has 1 atom stereocenters. The lowest BCUT2D eigenvalue weighted by Gasteiger charge is -2.23. The van der Waals surface area contributed by atoms with Crippen molar-refractivity contribution in [2.24, 2.45) is 0 Å². The van der Waals surface area contributed by atoms with Crippen molar-refractivity contribution in [1.29, 1.82) is 0 Å². The number of rotatable bonds is 9. The van der Waals surface area contributed by atoms with Gasteiger partial charge in [-0.2, -0.15) is 0 Å². The minimum absolute atomic E-state index is 0.0967. The van der Waals surface area contributed by atoms with Gasteiger partial charge in [-0.15, -0.1) is 0 Å². The Morgan fingerprint density at radius 2 is 1.67 bits per heavy atom. The maximum atomic E-state index is 12.8. The Bertz CT molecular complexity index is 1200. The number of methoxy groups -OCH3 is 1. The maximum Gasteiger partial charge on any atom is 0.251 e. The Balaban J connectivity index is 1.77. The molecular formula is C25H27ClN2O4S. The van der Waals surface area contributed by atoms with Gasteiger partial charge in [-0.05, 0) is 60.0 Å². The zero-order chi connectivity index (χ0) is 24.0. The molecule has 33 heavy (non-hydrogen) atoms. The summed E-state index contributed by atoms with van der Waals surface area (Å²) < 4.78 is 31.4. The minimum atomic E-state index is -3.57. The fourth-order valence-electron chi connectivity index (χ4n) is 3.46. The Kier molecular flexibility index (Phi) is 8.00. The Hall–Kier alpha value is -3.03. The molecule has 3 aromatic rings. The van der Waals surface area contributed by atoms with Crippen LogP contribution in [0.2, 0.25) is 5.02 Å². The molecule has 0 aliphatic heterocycles. The summed E-state index contributed by atoms with van der Waals surface area (Å²) in [5, 5.41) is 3.53. The van der Waals surface area contributed by atoms with E-state index in [-0.39, 0.29) is 18.5 Å². The van der Waals surface area contributed by atoms with Crippen LogP contribution in [0, 0.1) is 0 Å². The quantitative estimate of drug-likeness (QED) is 0.451. The smallest absolute Gasteiger partial charge is 0.251 e. The van der Waals surface area contributed by atoms with E-state index in [1.807, 2.05) is 37.3 Å². The number of nitrogens with zero attached hydrogens (tertiary/aromatic N) is 1. The molecule has 0 bridgehead atoms. The number of hydrogen-bond donors (Lipinski definition) is 1. The molecule has 0 spiro atoms. The zero-order valence-corrected chi connectivity index (χ0v) is 20.4. The summed E-state index contributed by atoms with van der Waals surface area (Å²) in [7, 11) is -1.96. The van der Waals surface area contributed by atoms with Crippen LogP contribution in [0.4, 0.5) is 5.69 Å². The van der Waals surface area contributed by atoms with Crippen LogP contribution in [0.15, 0.2) is 72.8 Å². The van der Waals surface area contributed by atoms with Gasteiger partial charge in [-0.1, -0.05) is 48.9 Å². The van der Waals surface area contributed by atoms with Crippen LogP contribution in [0.5, 0.6) is 5.75 Å². The van der Waals surface area contributed by atoms with Crippen LogP contribution in [0.3, 0.4) is 0 Å². The van der Waals surface area contributed by atoms with Gasteiger partial charge in [0, 0.05) is 10.6 Å². The first kappa shape index (κ1) is 24.6. The summed E-state index contributed by atoms with van der Waals surface area (Å²) in [5.74, 6) is 0.518. The number of halogens is 1. The van der Waals surface area contributed by atoms with E-state index in [0.717, 1.165) is 24.0 Å². The van der Waals surface area contributed by atoms with Crippen molar-refractivity contribution in [3.8, 4) is 5.75 Å². The Labute approximate surface area is 200 Å². The number of carbonyl (C=O) groups excluding carboxylic acids is 1. The van der Waals surface area contributed by atoms with Crippen LogP contribution in [0.25, 0.3) is 0 Å². The van der Waals surface area contributed by atoms with Gasteiger partial charge in [0.2, 0.25) is 10.0 Å². The molecule has 0 aliphatic carbocycles. The summed E-state index contributed by atoms with van der Waals surface area (Å²) in [4.78, 5) is 12.8. The average Bonchev–Trinajstić information content (AvgIpc) is 2.81. The third-order valence-electron chi connectivity index (χ3n) is 5.32. The molecule has 0 radical (unpaired) electrons. The number of nitrogens with one attached hydrogen (secondary N) is 1. The number of benzene rings is 3. The number of amides is 1. The summed E-state index contributed by atoms with van der Waals surface area (Å²) in [5.41, 5.74) is 2.57. The predicted octanol–water partition coefficient (Wildman–Crippen LogP) is 5.20. The van der Waals surface area contributed by atoms with E-state index < -0.39 is 10.0 Å². The highest BCUT2D eigenvalue weighted by Gasteiger charge is 2.20. The van der Waals surface area contributed by atoms with Crippen LogP contribution in [-0.2, 0) is 16.6 Å². The van der Waals surface area contributed by atoms with Gasteiger partial charge in [0.25, 0.3) is 5.91 Å². The van der Waals surface area contributed by atoms with Crippen LogP contribution < -0.4 is 14.4 Å². The second kappa shape index (κ2) is 10.7. The largest absolute Gasteiger partial charge is 0.497 e. The van der Waals surface area contributed by atoms with Crippen molar-refractivity contribution in [3.63, 3.8) is 0 Å². The molecule has 3 aromatic carbocycles. The molecule has 0 saturated carbocycles. The number of sulfonamides is 1. The van der Waals surface area contributed by atoms with Crippen molar-refractivity contribution < 1.29 is 17.9 Å². The summed E-state index contributed by atoms with van der Waals surface area (Å²) in [6, 6.07) is 21.0. The number of carbonyl (C=O) groups is 1. The third kappa shape index (κ3) is 6.27. The molecule has 3 rings (SSSR count). The van der Waals surface area contributed by atoms with E-state index >= 15 is 0 Å². The van der Waals surface area contributed by atoms with Gasteiger partial charge in [-0.3, -0.25) is 9.10 Å². The molecule has 8 heteroatoms. The van der Waals surface area contributed by atoms with Crippen molar-refractivity contribution in [3.05, 3.63) is 94.5 Å². The standard InChI is InChI=1S/C25H27ClN2O4S/c1-4-24(18-11-15-22(32-2)16-12-18)27-25(29)19-9-13-21(14-10-19)28(33(3,30)31)17-20-7-5-6-8-23(20)26/h5-16,24H,4,17H2,1-3H3,(H,27,29)/t24-/m1/s1. The number of hydrogen-bond acceptors (Lipinski definition) is 4. The van der Waals surface area contributed by atoms with Gasteiger partial charge in [0.15, 0.2) is 0 Å². The molecule has 0 saturated heterocycles. The van der Waals surface area contributed by atoms with Gasteiger partial charge >= 0.3 is 0 Å². The molecule has 1 N–H and O–H groups in total. The van der Waals surface area contributed by atoms with E-state index in [4.69, 9.17) is 16.3 Å². The highest BCUT2D eigenvalue weighted by Crippen LogP contribution is 2.25. The molecule has 0 unspecified atom stereocenters. The molecular weight excluding hydrogens is 460 g/mol. The molecule has 0 fully saturated rings. The normalized spacial score (nSPS) is 12.1. The van der Waals surface area contributed by atoms with Gasteiger partial charge in [0.1, 0.15) is 5.75 Å². The molecule has 6 nitrogen and oxygen atoms in total. The second-order valence-corrected chi connectivity index (χ2v) is 9.93. The van der Waals surface area contributed by atoms with E-state index in [2.05, 4.69) is 5.32 Å². The fourth-order valence-corrected chi connectivity index (χ4v) is 4.53. The summed E-state index contributed by atoms with van der Waals surface area (Å²) in [6.45, 7) is 2.09. The van der Waals surface area contributed by atoms with E-state index in [1.165, 1.54) is 4.31 Å². The van der Waals surface area contributed by atoms with E-state index in [1.54, 1.807) is 49.6 Å². The van der Waals surface area contributed by atoms with Gasteiger partial charge in [-0.25, -0.2) is 8.42 Å². The highest BCUT2D eigenvalue weighted by atomic mass is 35.5. The lowest BCUT2D eigenvalue weighted by molar-refractivity contribution is 0.0935. The first-order valence-corrected chi connectivity index (χ1v) is 12.7. The van der Waals surface area contributed by atoms with Gasteiger partial charge in [0.05, 0.1) is 31.6 Å². The summed E-state index contributed by atoms with van der Waals surface area (Å²) in [6.07, 6.45) is 1.86. The molecule has 0 aromatic heterocycles. The zero-order valence-electron chi connectivity index (χ0n) is 18.8. The third-order valence-corrected chi connectivity index (χ3v) is 6.83. The highest BCUT2D eigenvalue weighted by molar-refractivity contribution is 7.92. The van der Waals surface area contributed by atoms with E-state index in [9.17, 15) is 13.2 Å². The first-order valence-electron chi connectivity index (χ1n) is 10.5. The van der Waals surface area contributed by atoms with Crippen molar-refractivity contribution >= 4 is 33.2 Å². The van der Waals surface area contributed by atoms with Crippen LogP contribution >= 0.6 is 11.6 Å². The monoisotopic (exact) mass is 486 g/mol. The molecule has 0 heterocycles. The molecule has 174 valence electrons. The SMILES string of the molecule is CC[C@@H](NC(=O)c1ccc(N(Cc2ccccc2Cl)S(C)(=O)=O)cc1)c1ccc(OC)cc1. The van der Waals surface area contributed by atoms with Gasteiger partial charge < -0.3 is 10.1 Å². The lowest BCUT2D eigenvalue weighted by atomic mass is 10.0. The second-order valence-electron chi connectivity index (χ2n) is 7.62. The number of ether oxygens (including phenoxy) is 1. The maximum absolute atomic E-state index is 12.8. The molecule has 0 aliphatic rings. The van der Waals surface area contributed by atoms with Crippen molar-refractivity contribution in [1.82, 2.24) is 5.32 Å². The topological polar surface area (TPSA) is 75.7 Å². The van der Waals surface area contributed by atoms with Crippen LogP contribution in [0.1, 0.15) is 40.9 Å². The molecule has 1 amide bonds. The first-order chi connectivity index (χ1) is 15.7. The summed E-state index contributed by atoms with van der Waals surface area (Å²) >= 11 is 6.22. The average molecular weight is 487 g/mol. The fraction of sp³-hybridized carbons (Fsp3) is 0.240. The minimum Gasteiger partial charge on any atom is -0.497 e. The van der Waals surface area contributed by atoms with E-state index in [0.29, 0.717) is 21.8 Å². The number of anilines is 1. The predicted molar refractivity (Wildman–Crippen MR) is 132 cm³/mol.